The molecular formula is C8H20N2O3. The molecule has 0 aliphatic rings. The Labute approximate surface area is 79.2 Å². The summed E-state index contributed by atoms with van der Waals surface area (Å²) in [4.78, 5) is 9.10. The summed E-state index contributed by atoms with van der Waals surface area (Å²) >= 11 is 0. The van der Waals surface area contributed by atoms with Crippen molar-refractivity contribution >= 4 is 0 Å². The minimum absolute atomic E-state index is 0.0104. The van der Waals surface area contributed by atoms with Gasteiger partial charge < -0.3 is 11.5 Å². The molecule has 2 unspecified atom stereocenters. The minimum Gasteiger partial charge on any atom is -0.330 e. The van der Waals surface area contributed by atoms with E-state index in [0.29, 0.717) is 6.54 Å². The van der Waals surface area contributed by atoms with Gasteiger partial charge in [-0.3, -0.25) is 0 Å². The Morgan fingerprint density at radius 1 is 1.23 bits per heavy atom. The van der Waals surface area contributed by atoms with E-state index in [-0.39, 0.29) is 12.1 Å². The van der Waals surface area contributed by atoms with Crippen LogP contribution < -0.4 is 11.5 Å². The van der Waals surface area contributed by atoms with E-state index in [1.54, 1.807) is 0 Å². The van der Waals surface area contributed by atoms with Crippen molar-refractivity contribution in [3.63, 3.8) is 0 Å². The van der Waals surface area contributed by atoms with Crippen LogP contribution in [0.2, 0.25) is 0 Å². The number of hydrogen-bond acceptors (Lipinski definition) is 5. The third-order valence-corrected chi connectivity index (χ3v) is 1.75. The monoisotopic (exact) mass is 192 g/mol. The van der Waals surface area contributed by atoms with Crippen molar-refractivity contribution < 1.29 is 14.8 Å². The Bertz CT molecular complexity index is 114. The second-order valence-corrected chi connectivity index (χ2v) is 3.06. The fourth-order valence-electron chi connectivity index (χ4n) is 0.962. The highest BCUT2D eigenvalue weighted by Gasteiger charge is 2.07. The Hall–Kier alpha value is -0.200. The zero-order valence-electron chi connectivity index (χ0n) is 8.36. The van der Waals surface area contributed by atoms with E-state index in [1.807, 2.05) is 6.92 Å². The maximum absolute atomic E-state index is 5.75. The Morgan fingerprint density at radius 3 is 2.46 bits per heavy atom. The summed E-state index contributed by atoms with van der Waals surface area (Å²) in [7, 11) is 1.40. The van der Waals surface area contributed by atoms with E-state index in [9.17, 15) is 0 Å². The average molecular weight is 192 g/mol. The lowest BCUT2D eigenvalue weighted by molar-refractivity contribution is -0.515. The van der Waals surface area contributed by atoms with Crippen LogP contribution in [0.15, 0.2) is 0 Å². The van der Waals surface area contributed by atoms with Crippen LogP contribution in [0.5, 0.6) is 0 Å². The molecule has 0 aromatic rings. The SMILES string of the molecule is COOOC(C)CCC(N)CCN. The van der Waals surface area contributed by atoms with E-state index < -0.39 is 0 Å². The van der Waals surface area contributed by atoms with Crippen LogP contribution in [0.25, 0.3) is 0 Å². The molecule has 0 rings (SSSR count). The maximum Gasteiger partial charge on any atom is 0.0934 e. The van der Waals surface area contributed by atoms with Gasteiger partial charge in [0.2, 0.25) is 0 Å². The molecule has 80 valence electrons. The summed E-state index contributed by atoms with van der Waals surface area (Å²) in [5.41, 5.74) is 11.1. The number of nitrogens with two attached hydrogens (primary N) is 2. The standard InChI is InChI=1S/C8H20N2O3/c1-7(12-13-11-2)3-4-8(10)5-6-9/h7-8H,3-6,9-10H2,1-2H3. The lowest BCUT2D eigenvalue weighted by Gasteiger charge is -2.13. The molecule has 0 heterocycles. The largest absolute Gasteiger partial charge is 0.330 e. The molecule has 13 heavy (non-hydrogen) atoms. The van der Waals surface area contributed by atoms with Crippen molar-refractivity contribution in [2.24, 2.45) is 11.5 Å². The maximum atomic E-state index is 5.75. The van der Waals surface area contributed by atoms with Gasteiger partial charge in [0.25, 0.3) is 0 Å². The molecule has 0 amide bonds. The molecule has 5 nitrogen and oxygen atoms in total. The van der Waals surface area contributed by atoms with E-state index in [1.165, 1.54) is 7.11 Å². The molecule has 0 spiro atoms. The molecule has 0 radical (unpaired) electrons. The Balaban J connectivity index is 3.29. The van der Waals surface area contributed by atoms with Gasteiger partial charge in [-0.15, -0.1) is 0 Å². The zero-order valence-corrected chi connectivity index (χ0v) is 8.36. The molecule has 0 aliphatic heterocycles. The van der Waals surface area contributed by atoms with Gasteiger partial charge >= 0.3 is 0 Å². The Morgan fingerprint density at radius 2 is 1.92 bits per heavy atom. The first kappa shape index (κ1) is 12.8. The third kappa shape index (κ3) is 8.14. The first-order chi connectivity index (χ1) is 6.20. The topological polar surface area (TPSA) is 79.7 Å². The lowest BCUT2D eigenvalue weighted by Crippen LogP contribution is -2.25. The molecule has 0 bridgehead atoms. The molecule has 0 saturated heterocycles. The van der Waals surface area contributed by atoms with Crippen LogP contribution in [0, 0.1) is 0 Å². The van der Waals surface area contributed by atoms with E-state index >= 15 is 0 Å². The fraction of sp³-hybridized carbons (Fsp3) is 1.00. The van der Waals surface area contributed by atoms with Gasteiger partial charge in [0.1, 0.15) is 0 Å². The highest BCUT2D eigenvalue weighted by Crippen LogP contribution is 2.05. The Kier molecular flexibility index (Phi) is 8.27. The third-order valence-electron chi connectivity index (χ3n) is 1.75. The molecule has 0 aromatic carbocycles. The van der Waals surface area contributed by atoms with Gasteiger partial charge in [-0.05, 0) is 32.7 Å². The molecule has 0 fully saturated rings. The summed E-state index contributed by atoms with van der Waals surface area (Å²) < 4.78 is 0. The molecule has 0 aromatic heterocycles. The highest BCUT2D eigenvalue weighted by molar-refractivity contribution is 4.63. The second-order valence-electron chi connectivity index (χ2n) is 3.06. The van der Waals surface area contributed by atoms with Crippen molar-refractivity contribution in [3.8, 4) is 0 Å². The molecule has 2 atom stereocenters. The van der Waals surface area contributed by atoms with Gasteiger partial charge in [-0.1, -0.05) is 5.04 Å². The smallest absolute Gasteiger partial charge is 0.0934 e. The molecule has 5 heteroatoms. The van der Waals surface area contributed by atoms with Gasteiger partial charge in [0.15, 0.2) is 0 Å². The normalized spacial score (nSPS) is 15.7. The quantitative estimate of drug-likeness (QED) is 0.428. The number of hydrogen-bond donors (Lipinski definition) is 2. The van der Waals surface area contributed by atoms with Crippen molar-refractivity contribution in [3.05, 3.63) is 0 Å². The summed E-state index contributed by atoms with van der Waals surface area (Å²) in [5, 5.41) is 4.32. The van der Waals surface area contributed by atoms with Crippen LogP contribution in [-0.2, 0) is 14.8 Å². The minimum atomic E-state index is -0.0104. The van der Waals surface area contributed by atoms with Gasteiger partial charge in [0, 0.05) is 6.04 Å². The lowest BCUT2D eigenvalue weighted by atomic mass is 10.1. The first-order valence-corrected chi connectivity index (χ1v) is 4.52. The van der Waals surface area contributed by atoms with E-state index in [2.05, 4.69) is 9.93 Å². The van der Waals surface area contributed by atoms with Crippen molar-refractivity contribution in [2.75, 3.05) is 13.7 Å². The predicted molar refractivity (Wildman–Crippen MR) is 49.5 cm³/mol. The number of rotatable bonds is 8. The van der Waals surface area contributed by atoms with Crippen LogP contribution in [0.1, 0.15) is 26.2 Å². The van der Waals surface area contributed by atoms with Crippen LogP contribution in [-0.4, -0.2) is 25.8 Å². The molecule has 0 aliphatic carbocycles. The van der Waals surface area contributed by atoms with Gasteiger partial charge in [-0.25, -0.2) is 9.78 Å². The van der Waals surface area contributed by atoms with Crippen molar-refractivity contribution in [2.45, 2.75) is 38.3 Å². The van der Waals surface area contributed by atoms with Gasteiger partial charge in [0.05, 0.1) is 13.2 Å². The summed E-state index contributed by atoms with van der Waals surface area (Å²) in [6, 6.07) is 0.151. The fourth-order valence-corrected chi connectivity index (χ4v) is 0.962. The van der Waals surface area contributed by atoms with Crippen molar-refractivity contribution in [1.29, 1.82) is 0 Å². The van der Waals surface area contributed by atoms with Gasteiger partial charge in [-0.2, -0.15) is 0 Å². The zero-order chi connectivity index (χ0) is 10.1. The molecule has 4 N–H and O–H groups in total. The molecular weight excluding hydrogens is 172 g/mol. The summed E-state index contributed by atoms with van der Waals surface area (Å²) in [6.07, 6.45) is 2.55. The molecule has 0 saturated carbocycles. The van der Waals surface area contributed by atoms with Crippen molar-refractivity contribution in [1.82, 2.24) is 0 Å². The van der Waals surface area contributed by atoms with Crippen LogP contribution in [0.4, 0.5) is 0 Å². The van der Waals surface area contributed by atoms with Crippen LogP contribution in [0.3, 0.4) is 0 Å². The summed E-state index contributed by atoms with van der Waals surface area (Å²) in [6.45, 7) is 2.53. The van der Waals surface area contributed by atoms with E-state index in [4.69, 9.17) is 16.4 Å². The highest BCUT2D eigenvalue weighted by atomic mass is 17.5. The summed E-state index contributed by atoms with van der Waals surface area (Å²) in [5.74, 6) is 0. The van der Waals surface area contributed by atoms with E-state index in [0.717, 1.165) is 19.3 Å². The average Bonchev–Trinajstić information content (AvgIpc) is 2.12. The second kappa shape index (κ2) is 8.40. The van der Waals surface area contributed by atoms with Crippen LogP contribution >= 0.6 is 0 Å². The first-order valence-electron chi connectivity index (χ1n) is 4.52. The predicted octanol–water partition coefficient (Wildman–Crippen LogP) is 0.341.